The van der Waals surface area contributed by atoms with E-state index in [1.807, 2.05) is 36.4 Å². The van der Waals surface area contributed by atoms with Gasteiger partial charge in [-0.25, -0.2) is 4.98 Å². The smallest absolute Gasteiger partial charge is 0.245 e. The molecule has 20 heavy (non-hydrogen) atoms. The van der Waals surface area contributed by atoms with Crippen LogP contribution in [0.25, 0.3) is 0 Å². The minimum atomic E-state index is -0.684. The number of carbonyl (C=O) groups excluding carboxylic acids is 1. The quantitative estimate of drug-likeness (QED) is 0.865. The molecule has 0 saturated carbocycles. The fraction of sp³-hybridized carbons (Fsp3) is 0.714. The van der Waals surface area contributed by atoms with Crippen molar-refractivity contribution < 1.29 is 9.90 Å². The third-order valence-corrected chi connectivity index (χ3v) is 3.62. The Kier molecular flexibility index (Phi) is 4.45. The summed E-state index contributed by atoms with van der Waals surface area (Å²) in [6.45, 7) is 9.22. The van der Waals surface area contributed by atoms with Crippen molar-refractivity contribution in [3.8, 4) is 0 Å². The van der Waals surface area contributed by atoms with Crippen molar-refractivity contribution in [3.05, 3.63) is 18.7 Å². The number of aliphatic hydroxyl groups is 1. The van der Waals surface area contributed by atoms with Gasteiger partial charge in [-0.3, -0.25) is 9.69 Å². The lowest BCUT2D eigenvalue weighted by Gasteiger charge is -2.38. The molecule has 112 valence electrons. The highest BCUT2D eigenvalue weighted by Gasteiger charge is 2.27. The Morgan fingerprint density at radius 2 is 2.00 bits per heavy atom. The number of piperazine rings is 1. The summed E-state index contributed by atoms with van der Waals surface area (Å²) < 4.78 is 1.82. The summed E-state index contributed by atoms with van der Waals surface area (Å²) in [5.74, 6) is 0.130. The molecule has 0 radical (unpaired) electrons. The van der Waals surface area contributed by atoms with Crippen LogP contribution in [0.2, 0.25) is 0 Å². The van der Waals surface area contributed by atoms with Crippen LogP contribution in [0, 0.1) is 0 Å². The molecule has 1 saturated heterocycles. The number of imidazole rings is 1. The molecule has 0 aliphatic carbocycles. The fourth-order valence-electron chi connectivity index (χ4n) is 2.56. The van der Waals surface area contributed by atoms with Crippen LogP contribution < -0.4 is 0 Å². The lowest BCUT2D eigenvalue weighted by atomic mass is 10.1. The van der Waals surface area contributed by atoms with Crippen molar-refractivity contribution in [3.63, 3.8) is 0 Å². The van der Waals surface area contributed by atoms with Crippen LogP contribution in [-0.4, -0.2) is 68.7 Å². The normalized spacial score (nSPS) is 19.1. The van der Waals surface area contributed by atoms with Gasteiger partial charge in [0.25, 0.3) is 0 Å². The summed E-state index contributed by atoms with van der Waals surface area (Å²) in [5, 5.41) is 9.83. The van der Waals surface area contributed by atoms with Gasteiger partial charge in [-0.1, -0.05) is 0 Å². The molecule has 0 bridgehead atoms. The minimum Gasteiger partial charge on any atom is -0.389 e. The predicted octanol–water partition coefficient (Wildman–Crippen LogP) is 0.359. The van der Waals surface area contributed by atoms with E-state index in [0.717, 1.165) is 13.1 Å². The van der Waals surface area contributed by atoms with E-state index in [-0.39, 0.29) is 11.9 Å². The van der Waals surface area contributed by atoms with Crippen LogP contribution in [-0.2, 0) is 4.79 Å². The second-order valence-electron chi connectivity index (χ2n) is 6.10. The summed E-state index contributed by atoms with van der Waals surface area (Å²) in [5.41, 5.74) is -0.684. The zero-order valence-electron chi connectivity index (χ0n) is 12.5. The molecule has 0 spiro atoms. The van der Waals surface area contributed by atoms with Gasteiger partial charge in [-0.2, -0.15) is 0 Å². The molecule has 1 aliphatic rings. The highest BCUT2D eigenvalue weighted by molar-refractivity contribution is 5.80. The van der Waals surface area contributed by atoms with Gasteiger partial charge in [0.1, 0.15) is 6.04 Å². The number of hydrogen-bond acceptors (Lipinski definition) is 4. The second-order valence-corrected chi connectivity index (χ2v) is 6.10. The number of aromatic nitrogens is 2. The number of nitrogens with zero attached hydrogens (tertiary/aromatic N) is 4. The van der Waals surface area contributed by atoms with Crippen LogP contribution >= 0.6 is 0 Å². The first-order valence-corrected chi connectivity index (χ1v) is 7.08. The van der Waals surface area contributed by atoms with Crippen molar-refractivity contribution >= 4 is 5.91 Å². The predicted molar refractivity (Wildman–Crippen MR) is 76.3 cm³/mol. The molecule has 2 rings (SSSR count). The third-order valence-electron chi connectivity index (χ3n) is 3.62. The fourth-order valence-corrected chi connectivity index (χ4v) is 2.56. The summed E-state index contributed by atoms with van der Waals surface area (Å²) in [6.07, 6.45) is 5.17. The number of carbonyl (C=O) groups is 1. The van der Waals surface area contributed by atoms with Crippen LogP contribution in [0.15, 0.2) is 18.7 Å². The van der Waals surface area contributed by atoms with Gasteiger partial charge in [0.05, 0.1) is 11.9 Å². The minimum absolute atomic E-state index is 0.130. The van der Waals surface area contributed by atoms with Crippen molar-refractivity contribution in [2.24, 2.45) is 0 Å². The lowest BCUT2D eigenvalue weighted by molar-refractivity contribution is -0.136. The van der Waals surface area contributed by atoms with Crippen LogP contribution in [0.4, 0.5) is 0 Å². The molecule has 1 aromatic heterocycles. The van der Waals surface area contributed by atoms with Crippen molar-refractivity contribution in [2.75, 3.05) is 32.7 Å². The average Bonchev–Trinajstić information content (AvgIpc) is 2.90. The molecular weight excluding hydrogens is 256 g/mol. The van der Waals surface area contributed by atoms with Gasteiger partial charge >= 0.3 is 0 Å². The van der Waals surface area contributed by atoms with E-state index in [1.54, 1.807) is 12.5 Å². The maximum atomic E-state index is 12.4. The topological polar surface area (TPSA) is 61.6 Å². The number of rotatable bonds is 4. The van der Waals surface area contributed by atoms with Gasteiger partial charge in [0.2, 0.25) is 5.91 Å². The van der Waals surface area contributed by atoms with Gasteiger partial charge in [0.15, 0.2) is 0 Å². The molecule has 1 N–H and O–H groups in total. The molecule has 1 aromatic rings. The molecule has 2 heterocycles. The van der Waals surface area contributed by atoms with E-state index < -0.39 is 5.60 Å². The SMILES string of the molecule is C[C@@H](C(=O)N1CCN(CC(C)(C)O)CC1)n1ccnc1. The molecule has 1 aliphatic heterocycles. The first-order chi connectivity index (χ1) is 9.37. The highest BCUT2D eigenvalue weighted by atomic mass is 16.3. The zero-order chi connectivity index (χ0) is 14.8. The highest BCUT2D eigenvalue weighted by Crippen LogP contribution is 2.13. The maximum absolute atomic E-state index is 12.4. The van der Waals surface area contributed by atoms with Gasteiger partial charge in [0, 0.05) is 45.1 Å². The second kappa shape index (κ2) is 5.93. The van der Waals surface area contributed by atoms with Gasteiger partial charge in [-0.15, -0.1) is 0 Å². The number of amides is 1. The zero-order valence-corrected chi connectivity index (χ0v) is 12.5. The molecule has 6 heteroatoms. The van der Waals surface area contributed by atoms with E-state index in [4.69, 9.17) is 0 Å². The molecule has 1 atom stereocenters. The molecule has 1 fully saturated rings. The standard InChI is InChI=1S/C14H24N4O2/c1-12(18-5-4-15-11-18)13(19)17-8-6-16(7-9-17)10-14(2,3)20/h4-5,11-12,20H,6-10H2,1-3H3/t12-/m0/s1. The van der Waals surface area contributed by atoms with E-state index in [9.17, 15) is 9.90 Å². The Bertz CT molecular complexity index is 431. The van der Waals surface area contributed by atoms with Crippen molar-refractivity contribution in [2.45, 2.75) is 32.4 Å². The monoisotopic (exact) mass is 280 g/mol. The van der Waals surface area contributed by atoms with Gasteiger partial charge < -0.3 is 14.6 Å². The van der Waals surface area contributed by atoms with Gasteiger partial charge in [-0.05, 0) is 20.8 Å². The lowest BCUT2D eigenvalue weighted by Crippen LogP contribution is -2.53. The largest absolute Gasteiger partial charge is 0.389 e. The molecule has 6 nitrogen and oxygen atoms in total. The summed E-state index contributed by atoms with van der Waals surface area (Å²) in [7, 11) is 0. The van der Waals surface area contributed by atoms with Crippen LogP contribution in [0.1, 0.15) is 26.8 Å². The first kappa shape index (κ1) is 15.0. The number of hydrogen-bond donors (Lipinski definition) is 1. The molecule has 1 amide bonds. The Morgan fingerprint density at radius 3 is 2.50 bits per heavy atom. The van der Waals surface area contributed by atoms with Crippen molar-refractivity contribution in [1.82, 2.24) is 19.4 Å². The Hall–Kier alpha value is -1.40. The molecular formula is C14H24N4O2. The average molecular weight is 280 g/mol. The van der Waals surface area contributed by atoms with E-state index >= 15 is 0 Å². The Morgan fingerprint density at radius 1 is 1.35 bits per heavy atom. The van der Waals surface area contributed by atoms with Crippen LogP contribution in [0.3, 0.4) is 0 Å². The third kappa shape index (κ3) is 3.80. The van der Waals surface area contributed by atoms with Crippen molar-refractivity contribution in [1.29, 1.82) is 0 Å². The molecule has 0 aromatic carbocycles. The Labute approximate surface area is 120 Å². The molecule has 0 unspecified atom stereocenters. The maximum Gasteiger partial charge on any atom is 0.245 e. The summed E-state index contributed by atoms with van der Waals surface area (Å²) in [6, 6.07) is -0.210. The van der Waals surface area contributed by atoms with E-state index in [0.29, 0.717) is 19.6 Å². The first-order valence-electron chi connectivity index (χ1n) is 7.08. The van der Waals surface area contributed by atoms with E-state index in [2.05, 4.69) is 9.88 Å². The summed E-state index contributed by atoms with van der Waals surface area (Å²) in [4.78, 5) is 20.5. The number of β-amino-alcohol motifs (C(OH)–C–C–N with tert-alkyl or cyclic N) is 1. The van der Waals surface area contributed by atoms with Crippen LogP contribution in [0.5, 0.6) is 0 Å². The van der Waals surface area contributed by atoms with E-state index in [1.165, 1.54) is 0 Å². The summed E-state index contributed by atoms with van der Waals surface area (Å²) >= 11 is 0. The Balaban J connectivity index is 1.86.